The number of furan rings is 1. The number of carbonyl (C=O) groups is 1. The van der Waals surface area contributed by atoms with Gasteiger partial charge in [-0.2, -0.15) is 0 Å². The average Bonchev–Trinajstić information content (AvgIpc) is 2.99. The van der Waals surface area contributed by atoms with E-state index in [1.807, 2.05) is 12.1 Å². The Morgan fingerprint density at radius 2 is 2.17 bits per heavy atom. The number of nitro benzene ring substituents is 1. The fourth-order valence-corrected chi connectivity index (χ4v) is 3.79. The molecule has 1 saturated heterocycles. The van der Waals surface area contributed by atoms with Gasteiger partial charge in [0, 0.05) is 36.5 Å². The lowest BCUT2D eigenvalue weighted by molar-refractivity contribution is -0.384. The summed E-state index contributed by atoms with van der Waals surface area (Å²) >= 11 is 1.77. The van der Waals surface area contributed by atoms with E-state index in [0.29, 0.717) is 18.7 Å². The SMILES string of the molecule is O=C(c1cccc([N+](=O)[O-])c1)N1CCSC(c2ccco2)CC1. The third-order valence-electron chi connectivity index (χ3n) is 3.79. The molecule has 0 aliphatic carbocycles. The van der Waals surface area contributed by atoms with Crippen molar-refractivity contribution in [2.24, 2.45) is 0 Å². The van der Waals surface area contributed by atoms with Gasteiger partial charge in [0.2, 0.25) is 0 Å². The minimum Gasteiger partial charge on any atom is -0.468 e. The maximum atomic E-state index is 12.6. The van der Waals surface area contributed by atoms with Gasteiger partial charge in [-0.25, -0.2) is 0 Å². The van der Waals surface area contributed by atoms with Crippen LogP contribution < -0.4 is 0 Å². The average molecular weight is 332 g/mol. The second-order valence-corrected chi connectivity index (χ2v) is 6.57. The van der Waals surface area contributed by atoms with E-state index in [0.717, 1.165) is 17.9 Å². The number of carbonyl (C=O) groups excluding carboxylic acids is 1. The zero-order valence-electron chi connectivity index (χ0n) is 12.4. The highest BCUT2D eigenvalue weighted by atomic mass is 32.2. The number of hydrogen-bond acceptors (Lipinski definition) is 5. The van der Waals surface area contributed by atoms with Crippen LogP contribution in [-0.2, 0) is 0 Å². The van der Waals surface area contributed by atoms with E-state index in [1.165, 1.54) is 12.1 Å². The van der Waals surface area contributed by atoms with Gasteiger partial charge in [0.1, 0.15) is 5.76 Å². The topological polar surface area (TPSA) is 76.6 Å². The Kier molecular flexibility index (Phi) is 4.66. The Balaban J connectivity index is 1.71. The zero-order chi connectivity index (χ0) is 16.2. The van der Waals surface area contributed by atoms with Crippen molar-refractivity contribution in [1.29, 1.82) is 0 Å². The molecule has 6 nitrogen and oxygen atoms in total. The molecule has 1 aliphatic heterocycles. The Morgan fingerprint density at radius 1 is 1.30 bits per heavy atom. The second-order valence-electron chi connectivity index (χ2n) is 5.26. The van der Waals surface area contributed by atoms with E-state index < -0.39 is 4.92 Å². The molecule has 1 fully saturated rings. The van der Waals surface area contributed by atoms with Crippen molar-refractivity contribution < 1.29 is 14.1 Å². The first-order chi connectivity index (χ1) is 11.1. The largest absolute Gasteiger partial charge is 0.468 e. The molecule has 120 valence electrons. The smallest absolute Gasteiger partial charge is 0.270 e. The van der Waals surface area contributed by atoms with Gasteiger partial charge in [-0.3, -0.25) is 14.9 Å². The first-order valence-electron chi connectivity index (χ1n) is 7.34. The summed E-state index contributed by atoms with van der Waals surface area (Å²) in [6.45, 7) is 1.24. The van der Waals surface area contributed by atoms with E-state index in [9.17, 15) is 14.9 Å². The van der Waals surface area contributed by atoms with E-state index in [4.69, 9.17) is 4.42 Å². The maximum absolute atomic E-state index is 12.6. The predicted octanol–water partition coefficient (Wildman–Crippen LogP) is 3.51. The van der Waals surface area contributed by atoms with Crippen LogP contribution in [0, 0.1) is 10.1 Å². The molecule has 1 amide bonds. The molecular formula is C16H16N2O4S. The van der Waals surface area contributed by atoms with Crippen molar-refractivity contribution in [2.75, 3.05) is 18.8 Å². The van der Waals surface area contributed by atoms with Crippen LogP contribution in [-0.4, -0.2) is 34.6 Å². The maximum Gasteiger partial charge on any atom is 0.270 e. The van der Waals surface area contributed by atoms with Gasteiger partial charge in [0.05, 0.1) is 16.4 Å². The van der Waals surface area contributed by atoms with Crippen molar-refractivity contribution >= 4 is 23.4 Å². The highest BCUT2D eigenvalue weighted by molar-refractivity contribution is 7.99. The number of rotatable bonds is 3. The third kappa shape index (κ3) is 3.56. The molecule has 3 rings (SSSR count). The fourth-order valence-electron chi connectivity index (χ4n) is 2.61. The molecule has 1 aromatic heterocycles. The first-order valence-corrected chi connectivity index (χ1v) is 8.39. The molecule has 0 N–H and O–H groups in total. The van der Waals surface area contributed by atoms with Gasteiger partial charge >= 0.3 is 0 Å². The van der Waals surface area contributed by atoms with Crippen molar-refractivity contribution in [1.82, 2.24) is 4.90 Å². The molecule has 0 radical (unpaired) electrons. The molecule has 0 spiro atoms. The summed E-state index contributed by atoms with van der Waals surface area (Å²) in [4.78, 5) is 24.7. The zero-order valence-corrected chi connectivity index (χ0v) is 13.2. The van der Waals surface area contributed by atoms with Crippen molar-refractivity contribution in [3.8, 4) is 0 Å². The van der Waals surface area contributed by atoms with Crippen LogP contribution in [0.2, 0.25) is 0 Å². The van der Waals surface area contributed by atoms with Crippen LogP contribution in [0.5, 0.6) is 0 Å². The Hall–Kier alpha value is -2.28. The standard InChI is InChI=1S/C16H16N2O4S/c19-16(12-3-1-4-13(11-12)18(20)21)17-7-6-15(23-10-8-17)14-5-2-9-22-14/h1-5,9,11,15H,6-8,10H2. The van der Waals surface area contributed by atoms with Crippen molar-refractivity contribution in [3.05, 3.63) is 64.1 Å². The number of non-ortho nitro benzene ring substituents is 1. The summed E-state index contributed by atoms with van der Waals surface area (Å²) in [5, 5.41) is 11.1. The Bertz CT molecular complexity index is 702. The number of thioether (sulfide) groups is 1. The van der Waals surface area contributed by atoms with Crippen molar-refractivity contribution in [3.63, 3.8) is 0 Å². The van der Waals surface area contributed by atoms with Gasteiger partial charge in [0.15, 0.2) is 0 Å². The molecule has 7 heteroatoms. The summed E-state index contributed by atoms with van der Waals surface area (Å²) in [7, 11) is 0. The minimum absolute atomic E-state index is 0.0616. The van der Waals surface area contributed by atoms with Gasteiger partial charge in [-0.1, -0.05) is 6.07 Å². The summed E-state index contributed by atoms with van der Waals surface area (Å²) in [6, 6.07) is 9.72. The Labute approximate surface area is 137 Å². The quantitative estimate of drug-likeness (QED) is 0.635. The number of hydrogen-bond donors (Lipinski definition) is 0. The number of nitro groups is 1. The van der Waals surface area contributed by atoms with E-state index in [1.54, 1.807) is 35.1 Å². The lowest BCUT2D eigenvalue weighted by atomic mass is 10.1. The molecule has 1 unspecified atom stereocenters. The lowest BCUT2D eigenvalue weighted by Crippen LogP contribution is -2.33. The number of nitrogens with zero attached hydrogens (tertiary/aromatic N) is 2. The van der Waals surface area contributed by atoms with Crippen molar-refractivity contribution in [2.45, 2.75) is 11.7 Å². The molecule has 2 aromatic rings. The summed E-state index contributed by atoms with van der Waals surface area (Å²) in [6.07, 6.45) is 2.46. The van der Waals surface area contributed by atoms with Crippen LogP contribution in [0.4, 0.5) is 5.69 Å². The number of amides is 1. The normalized spacial score (nSPS) is 18.4. The molecule has 23 heavy (non-hydrogen) atoms. The predicted molar refractivity (Wildman–Crippen MR) is 87.5 cm³/mol. The summed E-state index contributed by atoms with van der Waals surface area (Å²) in [5.41, 5.74) is 0.300. The number of benzene rings is 1. The lowest BCUT2D eigenvalue weighted by Gasteiger charge is -2.20. The third-order valence-corrected chi connectivity index (χ3v) is 5.08. The van der Waals surface area contributed by atoms with Crippen LogP contribution in [0.1, 0.15) is 27.8 Å². The van der Waals surface area contributed by atoms with Gasteiger partial charge < -0.3 is 9.32 Å². The fraction of sp³-hybridized carbons (Fsp3) is 0.312. The molecular weight excluding hydrogens is 316 g/mol. The first kappa shape index (κ1) is 15.6. The molecule has 0 bridgehead atoms. The molecule has 2 heterocycles. The van der Waals surface area contributed by atoms with Crippen LogP contribution in [0.15, 0.2) is 47.1 Å². The van der Waals surface area contributed by atoms with E-state index in [-0.39, 0.29) is 16.8 Å². The van der Waals surface area contributed by atoms with Gasteiger partial charge in [-0.05, 0) is 24.6 Å². The van der Waals surface area contributed by atoms with Crippen LogP contribution in [0.3, 0.4) is 0 Å². The summed E-state index contributed by atoms with van der Waals surface area (Å²) in [5.74, 6) is 1.58. The monoisotopic (exact) mass is 332 g/mol. The molecule has 1 aliphatic rings. The highest BCUT2D eigenvalue weighted by Gasteiger charge is 2.24. The molecule has 1 atom stereocenters. The molecule has 1 aromatic carbocycles. The van der Waals surface area contributed by atoms with Gasteiger partial charge in [0.25, 0.3) is 11.6 Å². The summed E-state index contributed by atoms with van der Waals surface area (Å²) < 4.78 is 5.45. The van der Waals surface area contributed by atoms with Crippen LogP contribution >= 0.6 is 11.8 Å². The van der Waals surface area contributed by atoms with E-state index in [2.05, 4.69) is 0 Å². The van der Waals surface area contributed by atoms with E-state index >= 15 is 0 Å². The second kappa shape index (κ2) is 6.87. The minimum atomic E-state index is -0.484. The van der Waals surface area contributed by atoms with Crippen LogP contribution in [0.25, 0.3) is 0 Å². The molecule has 0 saturated carbocycles. The van der Waals surface area contributed by atoms with Gasteiger partial charge in [-0.15, -0.1) is 11.8 Å². The Morgan fingerprint density at radius 3 is 2.91 bits per heavy atom. The highest BCUT2D eigenvalue weighted by Crippen LogP contribution is 2.34.